The Labute approximate surface area is 146 Å². The molecule has 1 aliphatic carbocycles. The molecule has 0 radical (unpaired) electrons. The quantitative estimate of drug-likeness (QED) is 0.651. The van der Waals surface area contributed by atoms with Gasteiger partial charge in [0.05, 0.1) is 5.41 Å². The van der Waals surface area contributed by atoms with Crippen molar-refractivity contribution in [3.8, 4) is 0 Å². The Morgan fingerprint density at radius 2 is 2.09 bits per heavy atom. The van der Waals surface area contributed by atoms with Gasteiger partial charge in [-0.05, 0) is 37.1 Å². The third kappa shape index (κ3) is 4.43. The van der Waals surface area contributed by atoms with Crippen LogP contribution in [0.3, 0.4) is 0 Å². The topological polar surface area (TPSA) is 66.4 Å². The summed E-state index contributed by atoms with van der Waals surface area (Å²) >= 11 is 3.50. The minimum absolute atomic E-state index is 0.141. The Kier molecular flexibility index (Phi) is 6.23. The van der Waals surface area contributed by atoms with Crippen molar-refractivity contribution in [3.63, 3.8) is 0 Å². The number of hydrogen-bond acceptors (Lipinski definition) is 4. The number of hydrogen-bond donors (Lipinski definition) is 2. The monoisotopic (exact) mass is 403 g/mol. The van der Waals surface area contributed by atoms with Crippen molar-refractivity contribution in [3.05, 3.63) is 34.3 Å². The summed E-state index contributed by atoms with van der Waals surface area (Å²) in [6, 6.07) is 7.01. The molecule has 1 amide bonds. The maximum atomic E-state index is 12.5. The number of benzene rings is 1. The van der Waals surface area contributed by atoms with Crippen molar-refractivity contribution >= 4 is 49.4 Å². The number of amides is 1. The lowest BCUT2D eigenvalue weighted by Crippen LogP contribution is -2.46. The molecule has 4 nitrogen and oxygen atoms in total. The molecule has 1 fully saturated rings. The molecule has 0 bridgehead atoms. The first kappa shape index (κ1) is 17.7. The number of carboxylic acid groups (broad SMARTS) is 1. The number of carbonyl (C=O) groups excluding carboxylic acids is 1. The molecule has 0 heterocycles. The number of rotatable bonds is 8. The van der Waals surface area contributed by atoms with Crippen LogP contribution in [-0.2, 0) is 16.0 Å². The van der Waals surface area contributed by atoms with E-state index in [4.69, 9.17) is 0 Å². The average Bonchev–Trinajstić information content (AvgIpc) is 3.26. The SMILES string of the molecule is CSSC[C@H](NC(=O)C1(Cc2ccccc2Br)CC1)C(=O)O. The minimum atomic E-state index is -0.980. The van der Waals surface area contributed by atoms with Crippen molar-refractivity contribution in [1.82, 2.24) is 5.32 Å². The highest BCUT2D eigenvalue weighted by molar-refractivity contribution is 9.10. The molecule has 22 heavy (non-hydrogen) atoms. The Bertz CT molecular complexity index is 563. The van der Waals surface area contributed by atoms with Crippen LogP contribution in [0, 0.1) is 5.41 Å². The molecule has 0 aliphatic heterocycles. The third-order valence-electron chi connectivity index (χ3n) is 3.78. The number of carboxylic acids is 1. The van der Waals surface area contributed by atoms with Crippen LogP contribution >= 0.6 is 37.5 Å². The van der Waals surface area contributed by atoms with Gasteiger partial charge in [0, 0.05) is 10.2 Å². The normalized spacial score (nSPS) is 16.8. The summed E-state index contributed by atoms with van der Waals surface area (Å²) in [7, 11) is 2.94. The summed E-state index contributed by atoms with van der Waals surface area (Å²) in [4.78, 5) is 23.8. The van der Waals surface area contributed by atoms with Crippen LogP contribution in [0.1, 0.15) is 18.4 Å². The summed E-state index contributed by atoms with van der Waals surface area (Å²) in [5.74, 6) is -0.753. The lowest BCUT2D eigenvalue weighted by Gasteiger charge is -2.20. The summed E-state index contributed by atoms with van der Waals surface area (Å²) in [6.07, 6.45) is 4.15. The number of carbonyl (C=O) groups is 2. The fourth-order valence-electron chi connectivity index (χ4n) is 2.26. The second kappa shape index (κ2) is 7.75. The highest BCUT2D eigenvalue weighted by Gasteiger charge is 2.50. The van der Waals surface area contributed by atoms with E-state index in [0.29, 0.717) is 12.2 Å². The molecule has 2 N–H and O–H groups in total. The van der Waals surface area contributed by atoms with Crippen molar-refractivity contribution in [2.45, 2.75) is 25.3 Å². The van der Waals surface area contributed by atoms with Gasteiger partial charge in [0.1, 0.15) is 6.04 Å². The molecule has 7 heteroatoms. The Morgan fingerprint density at radius 1 is 1.41 bits per heavy atom. The largest absolute Gasteiger partial charge is 0.480 e. The van der Waals surface area contributed by atoms with Gasteiger partial charge in [-0.1, -0.05) is 55.7 Å². The molecule has 2 rings (SSSR count). The average molecular weight is 404 g/mol. The van der Waals surface area contributed by atoms with Crippen LogP contribution in [0.5, 0.6) is 0 Å². The van der Waals surface area contributed by atoms with E-state index in [0.717, 1.165) is 22.9 Å². The zero-order valence-electron chi connectivity index (χ0n) is 12.2. The van der Waals surface area contributed by atoms with Crippen LogP contribution in [-0.4, -0.2) is 35.0 Å². The first-order chi connectivity index (χ1) is 10.5. The van der Waals surface area contributed by atoms with E-state index in [9.17, 15) is 14.7 Å². The van der Waals surface area contributed by atoms with E-state index in [2.05, 4.69) is 21.2 Å². The Morgan fingerprint density at radius 3 is 2.64 bits per heavy atom. The molecule has 1 saturated carbocycles. The van der Waals surface area contributed by atoms with Gasteiger partial charge in [-0.2, -0.15) is 0 Å². The van der Waals surface area contributed by atoms with E-state index in [1.54, 1.807) is 0 Å². The molecule has 1 aliphatic rings. The summed E-state index contributed by atoms with van der Waals surface area (Å²) < 4.78 is 0.988. The first-order valence-electron chi connectivity index (χ1n) is 6.91. The molecule has 0 aromatic heterocycles. The van der Waals surface area contributed by atoms with Gasteiger partial charge in [0.2, 0.25) is 5.91 Å². The highest BCUT2D eigenvalue weighted by Crippen LogP contribution is 2.49. The van der Waals surface area contributed by atoms with Crippen LogP contribution in [0.25, 0.3) is 0 Å². The fourth-order valence-corrected chi connectivity index (χ4v) is 4.00. The van der Waals surface area contributed by atoms with Crippen molar-refractivity contribution in [2.75, 3.05) is 12.0 Å². The first-order valence-corrected chi connectivity index (χ1v) is 10.4. The molecule has 120 valence electrons. The van der Waals surface area contributed by atoms with Crippen LogP contribution in [0.15, 0.2) is 28.7 Å². The lowest BCUT2D eigenvalue weighted by molar-refractivity contribution is -0.142. The summed E-state index contributed by atoms with van der Waals surface area (Å²) in [6.45, 7) is 0. The second-order valence-corrected chi connectivity index (χ2v) is 8.83. The Balaban J connectivity index is 2.02. The molecule has 0 saturated heterocycles. The molecule has 0 spiro atoms. The molecule has 0 unspecified atom stereocenters. The van der Waals surface area contributed by atoms with Crippen molar-refractivity contribution in [1.29, 1.82) is 0 Å². The van der Waals surface area contributed by atoms with E-state index < -0.39 is 17.4 Å². The van der Waals surface area contributed by atoms with E-state index in [1.807, 2.05) is 30.5 Å². The van der Waals surface area contributed by atoms with Crippen LogP contribution in [0.2, 0.25) is 0 Å². The zero-order valence-corrected chi connectivity index (χ0v) is 15.4. The molecular formula is C15H18BrNO3S2. The van der Waals surface area contributed by atoms with Gasteiger partial charge in [0.15, 0.2) is 0 Å². The number of halogens is 1. The Hall–Kier alpha value is -0.660. The molecule has 1 aromatic carbocycles. The van der Waals surface area contributed by atoms with Gasteiger partial charge in [-0.25, -0.2) is 4.79 Å². The van der Waals surface area contributed by atoms with Crippen molar-refractivity contribution < 1.29 is 14.7 Å². The minimum Gasteiger partial charge on any atom is -0.480 e. The number of aliphatic carboxylic acids is 1. The highest BCUT2D eigenvalue weighted by atomic mass is 79.9. The summed E-state index contributed by atoms with van der Waals surface area (Å²) in [5, 5.41) is 11.9. The lowest BCUT2D eigenvalue weighted by atomic mass is 9.95. The predicted molar refractivity (Wildman–Crippen MR) is 95.1 cm³/mol. The number of nitrogens with one attached hydrogen (secondary N) is 1. The standard InChI is InChI=1S/C15H18BrNO3S2/c1-21-22-9-12(13(18)19)17-14(20)15(6-7-15)8-10-4-2-3-5-11(10)16/h2-5,12H,6-9H2,1H3,(H,17,20)(H,18,19)/t12-/m0/s1. The van der Waals surface area contributed by atoms with E-state index in [1.165, 1.54) is 21.6 Å². The van der Waals surface area contributed by atoms with Crippen molar-refractivity contribution in [2.24, 2.45) is 5.41 Å². The van der Waals surface area contributed by atoms with Gasteiger partial charge in [-0.15, -0.1) is 0 Å². The second-order valence-electron chi connectivity index (χ2n) is 5.36. The van der Waals surface area contributed by atoms with Crippen LogP contribution < -0.4 is 5.32 Å². The molecular weight excluding hydrogens is 386 g/mol. The molecule has 1 atom stereocenters. The van der Waals surface area contributed by atoms with E-state index in [-0.39, 0.29) is 5.91 Å². The summed E-state index contributed by atoms with van der Waals surface area (Å²) in [5.41, 5.74) is 0.641. The third-order valence-corrected chi connectivity index (χ3v) is 6.37. The maximum Gasteiger partial charge on any atom is 0.327 e. The maximum absolute atomic E-state index is 12.5. The van der Waals surface area contributed by atoms with Gasteiger partial charge in [0.25, 0.3) is 0 Å². The molecule has 1 aromatic rings. The predicted octanol–water partition coefficient (Wildman–Crippen LogP) is 3.35. The van der Waals surface area contributed by atoms with E-state index >= 15 is 0 Å². The van der Waals surface area contributed by atoms with Gasteiger partial charge < -0.3 is 10.4 Å². The van der Waals surface area contributed by atoms with Crippen LogP contribution in [0.4, 0.5) is 0 Å². The fraction of sp³-hybridized carbons (Fsp3) is 0.467. The van der Waals surface area contributed by atoms with Gasteiger partial charge in [-0.3, -0.25) is 4.79 Å². The van der Waals surface area contributed by atoms with Gasteiger partial charge >= 0.3 is 5.97 Å². The smallest absolute Gasteiger partial charge is 0.327 e. The zero-order chi connectivity index (χ0) is 16.2.